The predicted octanol–water partition coefficient (Wildman–Crippen LogP) is -1.18. The Morgan fingerprint density at radius 3 is 2.07 bits per heavy atom. The van der Waals surface area contributed by atoms with Gasteiger partial charge in [0.05, 0.1) is 5.92 Å². The third-order valence-electron chi connectivity index (χ3n) is 2.62. The van der Waals surface area contributed by atoms with Crippen molar-refractivity contribution >= 4 is 17.9 Å². The number of carboxylic acids is 3. The van der Waals surface area contributed by atoms with Crippen molar-refractivity contribution in [3.05, 3.63) is 0 Å². The van der Waals surface area contributed by atoms with Crippen molar-refractivity contribution in [2.24, 2.45) is 23.5 Å². The van der Waals surface area contributed by atoms with Crippen LogP contribution in [0.25, 0.3) is 0 Å². The topological polar surface area (TPSA) is 138 Å². The lowest BCUT2D eigenvalue weighted by atomic mass is 10.1. The van der Waals surface area contributed by atoms with Crippen LogP contribution in [-0.4, -0.2) is 39.3 Å². The van der Waals surface area contributed by atoms with Crippen LogP contribution < -0.4 is 5.73 Å². The molecule has 5 N–H and O–H groups in total. The first-order valence-corrected chi connectivity index (χ1v) is 4.29. The number of nitrogens with two attached hydrogens (primary N) is 1. The maximum atomic E-state index is 10.6. The van der Waals surface area contributed by atoms with E-state index in [2.05, 4.69) is 0 Å². The highest BCUT2D eigenvalue weighted by molar-refractivity contribution is 5.81. The molecule has 0 aliphatic heterocycles. The van der Waals surface area contributed by atoms with Gasteiger partial charge >= 0.3 is 17.9 Å². The summed E-state index contributed by atoms with van der Waals surface area (Å²) in [7, 11) is 0. The Morgan fingerprint density at radius 2 is 1.73 bits per heavy atom. The molecule has 0 aromatic rings. The minimum atomic E-state index is -1.31. The average molecular weight is 217 g/mol. The van der Waals surface area contributed by atoms with E-state index in [-0.39, 0.29) is 6.42 Å². The number of aliphatic carboxylic acids is 3. The van der Waals surface area contributed by atoms with E-state index in [0.717, 1.165) is 0 Å². The molecule has 0 spiro atoms. The molecule has 0 aromatic carbocycles. The first-order valence-electron chi connectivity index (χ1n) is 4.29. The molecule has 0 heterocycles. The lowest BCUT2D eigenvalue weighted by molar-refractivity contribution is -0.140. The smallest absolute Gasteiger partial charge is 0.320 e. The van der Waals surface area contributed by atoms with Gasteiger partial charge in [-0.3, -0.25) is 14.4 Å². The van der Waals surface area contributed by atoms with Crippen molar-refractivity contribution in [3.8, 4) is 0 Å². The maximum absolute atomic E-state index is 10.6. The summed E-state index contributed by atoms with van der Waals surface area (Å²) in [6.07, 6.45) is -0.359. The van der Waals surface area contributed by atoms with E-state index in [1.807, 2.05) is 0 Å². The van der Waals surface area contributed by atoms with Gasteiger partial charge in [-0.05, 0) is 5.92 Å². The predicted molar refractivity (Wildman–Crippen MR) is 46.0 cm³/mol. The molecule has 0 unspecified atom stereocenters. The molecule has 0 aromatic heterocycles. The van der Waals surface area contributed by atoms with Gasteiger partial charge in [-0.25, -0.2) is 0 Å². The van der Waals surface area contributed by atoms with Crippen LogP contribution >= 0.6 is 0 Å². The van der Waals surface area contributed by atoms with Crippen LogP contribution in [0.4, 0.5) is 0 Å². The second-order valence-electron chi connectivity index (χ2n) is 3.57. The molecule has 1 fully saturated rings. The number of carboxylic acid groups (broad SMARTS) is 3. The molecule has 84 valence electrons. The summed E-state index contributed by atoms with van der Waals surface area (Å²) in [5.74, 6) is -6.05. The van der Waals surface area contributed by atoms with Gasteiger partial charge < -0.3 is 21.1 Å². The van der Waals surface area contributed by atoms with E-state index in [4.69, 9.17) is 21.1 Å². The summed E-state index contributed by atoms with van der Waals surface area (Å²) >= 11 is 0. The SMILES string of the molecule is N[C@H](C(=O)O)[C@H]1[C@H](CC(=O)O)[C@@H]1C(=O)O. The molecule has 4 atom stereocenters. The second-order valence-corrected chi connectivity index (χ2v) is 3.57. The zero-order chi connectivity index (χ0) is 11.7. The standard InChI is InChI=1S/C8H11NO6/c9-6(8(14)15)4-2(1-3(10)11)5(4)7(12)13/h2,4-6H,1,9H2,(H,10,11)(H,12,13)(H,14,15)/t2-,4-,5-,6-/m0/s1. The van der Waals surface area contributed by atoms with Gasteiger partial charge in [-0.2, -0.15) is 0 Å². The van der Waals surface area contributed by atoms with Gasteiger partial charge in [0, 0.05) is 12.3 Å². The monoisotopic (exact) mass is 217 g/mol. The number of rotatable bonds is 5. The van der Waals surface area contributed by atoms with Crippen LogP contribution in [-0.2, 0) is 14.4 Å². The van der Waals surface area contributed by atoms with E-state index < -0.39 is 41.7 Å². The summed E-state index contributed by atoms with van der Waals surface area (Å²) in [5.41, 5.74) is 5.26. The summed E-state index contributed by atoms with van der Waals surface area (Å²) in [5, 5.41) is 25.8. The molecule has 1 saturated carbocycles. The van der Waals surface area contributed by atoms with Crippen molar-refractivity contribution in [1.29, 1.82) is 0 Å². The molecule has 0 amide bonds. The molecule has 0 bridgehead atoms. The van der Waals surface area contributed by atoms with Gasteiger partial charge in [-0.15, -0.1) is 0 Å². The highest BCUT2D eigenvalue weighted by Crippen LogP contribution is 2.50. The van der Waals surface area contributed by atoms with Gasteiger partial charge in [-0.1, -0.05) is 0 Å². The van der Waals surface area contributed by atoms with E-state index in [0.29, 0.717) is 0 Å². The Morgan fingerprint density at radius 1 is 1.20 bits per heavy atom. The van der Waals surface area contributed by atoms with Crippen LogP contribution in [0.5, 0.6) is 0 Å². The third-order valence-corrected chi connectivity index (χ3v) is 2.62. The highest BCUT2D eigenvalue weighted by Gasteiger charge is 2.59. The van der Waals surface area contributed by atoms with Crippen molar-refractivity contribution in [1.82, 2.24) is 0 Å². The quantitative estimate of drug-likeness (QED) is 0.454. The van der Waals surface area contributed by atoms with Crippen molar-refractivity contribution in [2.45, 2.75) is 12.5 Å². The Kier molecular flexibility index (Phi) is 2.94. The first-order chi connectivity index (χ1) is 6.86. The fourth-order valence-electron chi connectivity index (χ4n) is 1.87. The molecule has 7 heteroatoms. The Hall–Kier alpha value is -1.63. The molecule has 7 nitrogen and oxygen atoms in total. The summed E-state index contributed by atoms with van der Waals surface area (Å²) in [4.78, 5) is 31.5. The first kappa shape index (κ1) is 11.4. The molecule has 1 aliphatic rings. The van der Waals surface area contributed by atoms with Gasteiger partial charge in [0.25, 0.3) is 0 Å². The van der Waals surface area contributed by atoms with Gasteiger partial charge in [0.2, 0.25) is 0 Å². The zero-order valence-electron chi connectivity index (χ0n) is 7.66. The lowest BCUT2D eigenvalue weighted by Crippen LogP contribution is -2.34. The number of hydrogen-bond acceptors (Lipinski definition) is 4. The van der Waals surface area contributed by atoms with Crippen LogP contribution in [0.1, 0.15) is 6.42 Å². The van der Waals surface area contributed by atoms with Crippen LogP contribution in [0, 0.1) is 17.8 Å². The molecular formula is C8H11NO6. The Balaban J connectivity index is 2.69. The van der Waals surface area contributed by atoms with E-state index in [9.17, 15) is 14.4 Å². The molecule has 1 rings (SSSR count). The van der Waals surface area contributed by atoms with Crippen molar-refractivity contribution in [3.63, 3.8) is 0 Å². The molecule has 15 heavy (non-hydrogen) atoms. The van der Waals surface area contributed by atoms with Gasteiger partial charge in [0.15, 0.2) is 0 Å². The fraction of sp³-hybridized carbons (Fsp3) is 0.625. The average Bonchev–Trinajstić information content (AvgIpc) is 2.76. The van der Waals surface area contributed by atoms with Crippen LogP contribution in [0.15, 0.2) is 0 Å². The zero-order valence-corrected chi connectivity index (χ0v) is 7.66. The minimum absolute atomic E-state index is 0.359. The molecular weight excluding hydrogens is 206 g/mol. The summed E-state index contributed by atoms with van der Waals surface area (Å²) in [6, 6.07) is -1.31. The fourth-order valence-corrected chi connectivity index (χ4v) is 1.87. The number of hydrogen-bond donors (Lipinski definition) is 4. The van der Waals surface area contributed by atoms with Crippen molar-refractivity contribution < 1.29 is 29.7 Å². The van der Waals surface area contributed by atoms with E-state index >= 15 is 0 Å². The van der Waals surface area contributed by atoms with E-state index in [1.54, 1.807) is 0 Å². The minimum Gasteiger partial charge on any atom is -0.481 e. The maximum Gasteiger partial charge on any atom is 0.320 e. The summed E-state index contributed by atoms with van der Waals surface area (Å²) < 4.78 is 0. The van der Waals surface area contributed by atoms with Crippen molar-refractivity contribution in [2.75, 3.05) is 0 Å². The van der Waals surface area contributed by atoms with Crippen LogP contribution in [0.2, 0.25) is 0 Å². The number of carbonyl (C=O) groups is 3. The van der Waals surface area contributed by atoms with Crippen LogP contribution in [0.3, 0.4) is 0 Å². The van der Waals surface area contributed by atoms with E-state index in [1.165, 1.54) is 0 Å². The lowest BCUT2D eigenvalue weighted by Gasteiger charge is -2.03. The molecule has 0 saturated heterocycles. The normalized spacial score (nSPS) is 30.6. The third kappa shape index (κ3) is 2.24. The van der Waals surface area contributed by atoms with Gasteiger partial charge in [0.1, 0.15) is 6.04 Å². The largest absolute Gasteiger partial charge is 0.481 e. The Labute approximate surface area is 84.5 Å². The second kappa shape index (κ2) is 3.85. The highest BCUT2D eigenvalue weighted by atomic mass is 16.4. The molecule has 0 radical (unpaired) electrons. The summed E-state index contributed by atoms with van der Waals surface area (Å²) in [6.45, 7) is 0. The Bertz CT molecular complexity index is 314. The molecule has 1 aliphatic carbocycles.